The van der Waals surface area contributed by atoms with Crippen molar-refractivity contribution < 1.29 is 34.3 Å². The number of hydrogen-bond donors (Lipinski definition) is 4. The summed E-state index contributed by atoms with van der Waals surface area (Å²) in [6.45, 7) is 4.77. The van der Waals surface area contributed by atoms with Gasteiger partial charge < -0.3 is 29.5 Å². The second kappa shape index (κ2) is 17.6. The van der Waals surface area contributed by atoms with Gasteiger partial charge in [0.25, 0.3) is 0 Å². The third-order valence-corrected chi connectivity index (χ3v) is 10.8. The van der Waals surface area contributed by atoms with E-state index in [9.17, 15) is 25.4 Å². The van der Waals surface area contributed by atoms with Crippen LogP contribution >= 0.6 is 11.6 Å². The van der Waals surface area contributed by atoms with Crippen molar-refractivity contribution in [2.45, 2.75) is 89.4 Å². The van der Waals surface area contributed by atoms with Crippen LogP contribution in [0.25, 0.3) is 11.1 Å². The average Bonchev–Trinajstić information content (AvgIpc) is 3.42. The lowest BCUT2D eigenvalue weighted by atomic mass is 9.96. The number of pyridine rings is 1. The minimum absolute atomic E-state index is 0.0312. The molecule has 2 saturated heterocycles. The zero-order valence-corrected chi connectivity index (χ0v) is 31.4. The summed E-state index contributed by atoms with van der Waals surface area (Å²) < 4.78 is 18.6. The highest BCUT2D eigenvalue weighted by Crippen LogP contribution is 2.37. The molecule has 54 heavy (non-hydrogen) atoms. The number of aromatic nitrogens is 1. The van der Waals surface area contributed by atoms with E-state index in [0.29, 0.717) is 51.9 Å². The van der Waals surface area contributed by atoms with Gasteiger partial charge in [-0.2, -0.15) is 5.26 Å². The lowest BCUT2D eigenvalue weighted by Gasteiger charge is -2.37. The fraction of sp³-hybridized carbons (Fsp3) is 0.405. The molecule has 0 aliphatic carbocycles. The van der Waals surface area contributed by atoms with Crippen molar-refractivity contribution >= 4 is 17.6 Å². The van der Waals surface area contributed by atoms with Gasteiger partial charge in [-0.3, -0.25) is 20.0 Å². The molecule has 0 saturated carbocycles. The zero-order chi connectivity index (χ0) is 38.2. The maximum Gasteiger partial charge on any atom is 0.326 e. The number of halogens is 1. The molecule has 1 aromatic heterocycles. The first-order valence-electron chi connectivity index (χ1n) is 18.3. The van der Waals surface area contributed by atoms with Crippen molar-refractivity contribution in [1.29, 1.82) is 5.26 Å². The van der Waals surface area contributed by atoms with Crippen LogP contribution in [0.15, 0.2) is 73.1 Å². The van der Waals surface area contributed by atoms with Gasteiger partial charge in [-0.25, -0.2) is 0 Å². The van der Waals surface area contributed by atoms with Gasteiger partial charge in [0.15, 0.2) is 0 Å². The highest BCUT2D eigenvalue weighted by atomic mass is 35.5. The minimum Gasteiger partial charge on any atom is -0.494 e. The van der Waals surface area contributed by atoms with Gasteiger partial charge in [-0.05, 0) is 92.5 Å². The Morgan fingerprint density at radius 1 is 1.02 bits per heavy atom. The molecule has 2 fully saturated rings. The maximum absolute atomic E-state index is 11.8. The number of aliphatic hydroxyl groups is 2. The Kier molecular flexibility index (Phi) is 12.7. The van der Waals surface area contributed by atoms with Gasteiger partial charge in [0.2, 0.25) is 0 Å². The number of aliphatic carboxylic acids is 1. The van der Waals surface area contributed by atoms with Gasteiger partial charge in [0.1, 0.15) is 42.1 Å². The fourth-order valence-electron chi connectivity index (χ4n) is 7.35. The van der Waals surface area contributed by atoms with E-state index in [1.54, 1.807) is 24.4 Å². The summed E-state index contributed by atoms with van der Waals surface area (Å²) in [6, 6.07) is 22.3. The van der Waals surface area contributed by atoms with E-state index in [-0.39, 0.29) is 25.9 Å². The van der Waals surface area contributed by atoms with Crippen LogP contribution in [-0.2, 0) is 24.6 Å². The van der Waals surface area contributed by atoms with Gasteiger partial charge in [-0.1, -0.05) is 41.9 Å². The monoisotopic (exact) mass is 754 g/mol. The first kappa shape index (κ1) is 39.0. The number of nitrogens with one attached hydrogen (secondary N) is 1. The summed E-state index contributed by atoms with van der Waals surface area (Å²) in [6.07, 6.45) is 7.98. The standard InChI is InChI=1S/C42H47ClN4O7/c1-27-31(7-4-9-37(27)30-6-3-8-36(15-30)52-13-5-12-47-33-10-11-34(47)18-35(49)17-33)25-54-40-19-39(53-24-29-14-28(20-44)21-45-22-29)32(16-38(40)43)23-46-42(2,26-48)41(50)51/h3-4,6-9,14-16,19,21-22,33-35,46,48-49H,5,10-13,17-18,23-26H2,1-2H3,(H,50,51)/t33-,34?,35?,42+/m0/s1. The lowest BCUT2D eigenvalue weighted by molar-refractivity contribution is -0.145. The van der Waals surface area contributed by atoms with E-state index >= 15 is 0 Å². The van der Waals surface area contributed by atoms with Crippen LogP contribution in [0.3, 0.4) is 0 Å². The zero-order valence-electron chi connectivity index (χ0n) is 30.6. The van der Waals surface area contributed by atoms with Crippen LogP contribution in [0.1, 0.15) is 66.8 Å². The Labute approximate surface area is 321 Å². The Hall–Kier alpha value is -4.70. The third kappa shape index (κ3) is 9.32. The van der Waals surface area contributed by atoms with Crippen LogP contribution in [0, 0.1) is 18.3 Å². The quantitative estimate of drug-likeness (QED) is 0.0882. The fourth-order valence-corrected chi connectivity index (χ4v) is 7.59. The highest BCUT2D eigenvalue weighted by Gasteiger charge is 2.39. The number of aliphatic hydroxyl groups excluding tert-OH is 2. The van der Waals surface area contributed by atoms with Crippen LogP contribution < -0.4 is 19.5 Å². The van der Waals surface area contributed by atoms with Crippen molar-refractivity contribution in [2.24, 2.45) is 0 Å². The number of piperidine rings is 1. The second-order valence-corrected chi connectivity index (χ2v) is 14.8. The molecule has 4 atom stereocenters. The molecule has 3 heterocycles. The maximum atomic E-state index is 11.8. The number of nitriles is 1. The van der Waals surface area contributed by atoms with Crippen molar-refractivity contribution in [3.8, 4) is 34.4 Å². The Morgan fingerprint density at radius 2 is 1.78 bits per heavy atom. The molecule has 4 N–H and O–H groups in total. The molecule has 12 heteroatoms. The second-order valence-electron chi connectivity index (χ2n) is 14.4. The summed E-state index contributed by atoms with van der Waals surface area (Å²) in [5, 5.41) is 42.0. The number of carbonyl (C=O) groups is 1. The molecule has 0 radical (unpaired) electrons. The molecule has 0 spiro atoms. The van der Waals surface area contributed by atoms with Gasteiger partial charge >= 0.3 is 5.97 Å². The first-order valence-corrected chi connectivity index (χ1v) is 18.7. The topological polar surface area (TPSA) is 157 Å². The predicted octanol–water partition coefficient (Wildman–Crippen LogP) is 6.42. The normalized spacial score (nSPS) is 19.1. The van der Waals surface area contributed by atoms with Crippen molar-refractivity contribution in [2.75, 3.05) is 19.8 Å². The molecule has 284 valence electrons. The molecule has 11 nitrogen and oxygen atoms in total. The van der Waals surface area contributed by atoms with Crippen LogP contribution in [0.4, 0.5) is 0 Å². The number of ether oxygens (including phenoxy) is 3. The Balaban J connectivity index is 1.13. The largest absolute Gasteiger partial charge is 0.494 e. The molecule has 2 aliphatic rings. The minimum atomic E-state index is -1.59. The molecule has 4 aromatic rings. The number of fused-ring (bicyclic) bond motifs is 2. The molecule has 0 amide bonds. The summed E-state index contributed by atoms with van der Waals surface area (Å²) in [5.41, 5.74) is 4.13. The number of carboxylic acids is 1. The number of benzene rings is 3. The van der Waals surface area contributed by atoms with Crippen LogP contribution in [-0.4, -0.2) is 74.7 Å². The number of nitrogens with zero attached hydrogens (tertiary/aromatic N) is 3. The SMILES string of the molecule is Cc1c(COc2cc(OCc3cncc(C#N)c3)c(CN[C@](C)(CO)C(=O)O)cc2Cl)cccc1-c1cccc(OCCCN2C3CC[C@H]2CC(O)C3)c1. The van der Waals surface area contributed by atoms with Gasteiger partial charge in [0, 0.05) is 54.8 Å². The van der Waals surface area contributed by atoms with Gasteiger partial charge in [-0.15, -0.1) is 0 Å². The molecule has 6 rings (SSSR count). The first-order chi connectivity index (χ1) is 26.1. The molecule has 2 unspecified atom stereocenters. The van der Waals surface area contributed by atoms with Gasteiger partial charge in [0.05, 0.1) is 29.9 Å². The number of rotatable bonds is 17. The van der Waals surface area contributed by atoms with E-state index in [1.807, 2.05) is 24.3 Å². The van der Waals surface area contributed by atoms with E-state index in [4.69, 9.17) is 25.8 Å². The highest BCUT2D eigenvalue weighted by molar-refractivity contribution is 6.32. The van der Waals surface area contributed by atoms with E-state index < -0.39 is 18.1 Å². The summed E-state index contributed by atoms with van der Waals surface area (Å²) in [4.78, 5) is 18.5. The summed E-state index contributed by atoms with van der Waals surface area (Å²) in [5.74, 6) is 0.375. The summed E-state index contributed by atoms with van der Waals surface area (Å²) >= 11 is 6.73. The van der Waals surface area contributed by atoms with Crippen molar-refractivity contribution in [3.63, 3.8) is 0 Å². The van der Waals surface area contributed by atoms with Crippen LogP contribution in [0.5, 0.6) is 17.2 Å². The Morgan fingerprint density at radius 3 is 2.52 bits per heavy atom. The molecule has 2 bridgehead atoms. The van der Waals surface area contributed by atoms with Crippen LogP contribution in [0.2, 0.25) is 5.02 Å². The number of hydrogen-bond acceptors (Lipinski definition) is 10. The molecular weight excluding hydrogens is 708 g/mol. The van der Waals surface area contributed by atoms with E-state index in [0.717, 1.165) is 53.8 Å². The molecule has 3 aromatic carbocycles. The Bertz CT molecular complexity index is 1970. The number of carboxylic acid groups (broad SMARTS) is 1. The van der Waals surface area contributed by atoms with Crippen molar-refractivity contribution in [3.05, 3.63) is 106 Å². The third-order valence-electron chi connectivity index (χ3n) is 10.6. The smallest absolute Gasteiger partial charge is 0.326 e. The van der Waals surface area contributed by atoms with E-state index in [2.05, 4.69) is 46.4 Å². The average molecular weight is 755 g/mol. The molecular formula is C42H47ClN4O7. The predicted molar refractivity (Wildman–Crippen MR) is 205 cm³/mol. The summed E-state index contributed by atoms with van der Waals surface area (Å²) in [7, 11) is 0. The lowest BCUT2D eigenvalue weighted by Crippen LogP contribution is -2.52. The van der Waals surface area contributed by atoms with Crippen molar-refractivity contribution in [1.82, 2.24) is 15.2 Å². The molecule has 2 aliphatic heterocycles. The van der Waals surface area contributed by atoms with E-state index in [1.165, 1.54) is 26.0 Å².